The van der Waals surface area contributed by atoms with Crippen molar-refractivity contribution in [1.82, 2.24) is 10.6 Å². The van der Waals surface area contributed by atoms with Crippen LogP contribution in [0.3, 0.4) is 0 Å². The largest absolute Gasteiger partial charge is 0.379 e. The Balaban J connectivity index is 0. The van der Waals surface area contributed by atoms with E-state index in [0.29, 0.717) is 5.11 Å². The van der Waals surface area contributed by atoms with Gasteiger partial charge >= 0.3 is 0 Å². The van der Waals surface area contributed by atoms with Gasteiger partial charge in [0.05, 0.1) is 0 Å². The minimum absolute atomic E-state index is 0. The normalized spacial score (nSPS) is 9.06. The molecule has 0 atom stereocenters. The number of halogens is 1. The van der Waals surface area contributed by atoms with Gasteiger partial charge in [-0.15, -0.1) is 12.4 Å². The first-order valence-electron chi connectivity index (χ1n) is 5.09. The predicted octanol–water partition coefficient (Wildman–Crippen LogP) is 1.69. The summed E-state index contributed by atoms with van der Waals surface area (Å²) < 4.78 is 0. The molecule has 0 radical (unpaired) electrons. The van der Waals surface area contributed by atoms with Crippen LogP contribution in [0.2, 0.25) is 0 Å². The van der Waals surface area contributed by atoms with E-state index in [1.807, 2.05) is 7.05 Å². The fraction of sp³-hybridized carbons (Fsp3) is 0.778. The summed E-state index contributed by atoms with van der Waals surface area (Å²) >= 11 is 6.36. The average Bonchev–Trinajstić information content (AvgIpc) is 2.21. The Morgan fingerprint density at radius 2 is 1.94 bits per heavy atom. The molecule has 0 rings (SSSR count). The summed E-state index contributed by atoms with van der Waals surface area (Å²) in [5, 5.41) is 13.9. The lowest BCUT2D eigenvalue weighted by atomic mass is 10.2. The Hall–Kier alpha value is -0.200. The van der Waals surface area contributed by atoms with Gasteiger partial charge < -0.3 is 16.4 Å². The summed E-state index contributed by atoms with van der Waals surface area (Å²) in [6.07, 6.45) is 4.64. The summed E-state index contributed by atoms with van der Waals surface area (Å²) in [5.74, 6) is 0.956. The van der Waals surface area contributed by atoms with Gasteiger partial charge in [0.15, 0.2) is 10.3 Å². The zero-order chi connectivity index (χ0) is 11.5. The van der Waals surface area contributed by atoms with Crippen molar-refractivity contribution < 1.29 is 0 Å². The van der Waals surface area contributed by atoms with Gasteiger partial charge in [-0.1, -0.05) is 24.6 Å². The number of thiocarbonyl (C=S) groups is 1. The molecule has 0 aliphatic heterocycles. The van der Waals surface area contributed by atoms with Gasteiger partial charge in [-0.25, -0.2) is 0 Å². The Labute approximate surface area is 113 Å². The van der Waals surface area contributed by atoms with Crippen molar-refractivity contribution in [3.63, 3.8) is 0 Å². The molecule has 0 saturated heterocycles. The van der Waals surface area contributed by atoms with Crippen LogP contribution in [-0.4, -0.2) is 29.6 Å². The number of rotatable bonds is 7. The van der Waals surface area contributed by atoms with Crippen molar-refractivity contribution in [2.24, 2.45) is 5.73 Å². The van der Waals surface area contributed by atoms with E-state index in [1.54, 1.807) is 0 Å². The Kier molecular flexibility index (Phi) is 14.6. The molecule has 0 aliphatic carbocycles. The summed E-state index contributed by atoms with van der Waals surface area (Å²) in [7, 11) is 1.81. The van der Waals surface area contributed by atoms with Gasteiger partial charge in [-0.05, 0) is 25.1 Å². The predicted molar refractivity (Wildman–Crippen MR) is 79.7 cm³/mol. The molecule has 5 N–H and O–H groups in total. The van der Waals surface area contributed by atoms with E-state index in [1.165, 1.54) is 24.6 Å². The minimum Gasteiger partial charge on any atom is -0.379 e. The molecule has 0 aromatic carbocycles. The molecule has 0 aromatic rings. The zero-order valence-electron chi connectivity index (χ0n) is 9.54. The van der Waals surface area contributed by atoms with E-state index in [-0.39, 0.29) is 17.6 Å². The molecule has 0 saturated carbocycles. The van der Waals surface area contributed by atoms with Gasteiger partial charge in [0.2, 0.25) is 0 Å². The molecule has 4 nitrogen and oxygen atoms in total. The lowest BCUT2D eigenvalue weighted by Gasteiger charge is -2.06. The molecular formula is C9H21ClN4S2. The number of nitrogens with one attached hydrogen (secondary N) is 3. The van der Waals surface area contributed by atoms with Gasteiger partial charge in [-0.2, -0.15) is 0 Å². The van der Waals surface area contributed by atoms with Crippen LogP contribution in [-0.2, 0) is 0 Å². The highest BCUT2D eigenvalue weighted by Crippen LogP contribution is 2.06. The molecule has 16 heavy (non-hydrogen) atoms. The first-order valence-corrected chi connectivity index (χ1v) is 6.48. The molecule has 0 amide bonds. The average molecular weight is 285 g/mol. The third-order valence-corrected chi connectivity index (χ3v) is 2.99. The van der Waals surface area contributed by atoms with Crippen LogP contribution in [0.25, 0.3) is 0 Å². The highest BCUT2D eigenvalue weighted by molar-refractivity contribution is 8.13. The topological polar surface area (TPSA) is 73.9 Å². The molecule has 7 heteroatoms. The lowest BCUT2D eigenvalue weighted by molar-refractivity contribution is 0.655. The van der Waals surface area contributed by atoms with E-state index in [9.17, 15) is 0 Å². The first kappa shape index (κ1) is 18.2. The van der Waals surface area contributed by atoms with Crippen molar-refractivity contribution in [3.05, 3.63) is 0 Å². The molecule has 0 spiro atoms. The number of unbranched alkanes of at least 4 members (excludes halogenated alkanes) is 3. The van der Waals surface area contributed by atoms with Crippen molar-refractivity contribution in [2.75, 3.05) is 19.3 Å². The molecule has 0 aromatic heterocycles. The molecular weight excluding hydrogens is 264 g/mol. The van der Waals surface area contributed by atoms with Crippen LogP contribution in [0.1, 0.15) is 25.7 Å². The number of nitrogens with two attached hydrogens (primary N) is 1. The van der Waals surface area contributed by atoms with Gasteiger partial charge in [0.1, 0.15) is 0 Å². The summed E-state index contributed by atoms with van der Waals surface area (Å²) in [5.41, 5.74) is 5.22. The van der Waals surface area contributed by atoms with Crippen LogP contribution in [0.15, 0.2) is 0 Å². The molecule has 0 aliphatic rings. The highest BCUT2D eigenvalue weighted by atomic mass is 35.5. The van der Waals surface area contributed by atoms with E-state index >= 15 is 0 Å². The minimum atomic E-state index is 0. The van der Waals surface area contributed by atoms with Crippen molar-refractivity contribution in [3.8, 4) is 0 Å². The third-order valence-electron chi connectivity index (χ3n) is 1.84. The Morgan fingerprint density at radius 3 is 2.50 bits per heavy atom. The van der Waals surface area contributed by atoms with Gasteiger partial charge in [-0.3, -0.25) is 5.41 Å². The van der Waals surface area contributed by atoms with Crippen LogP contribution in [0.4, 0.5) is 0 Å². The lowest BCUT2D eigenvalue weighted by Crippen LogP contribution is -2.32. The molecule has 96 valence electrons. The first-order chi connectivity index (χ1) is 7.16. The molecule has 0 unspecified atom stereocenters. The van der Waals surface area contributed by atoms with Gasteiger partial charge in [0, 0.05) is 19.3 Å². The maximum Gasteiger partial charge on any atom is 0.166 e. The van der Waals surface area contributed by atoms with E-state index < -0.39 is 0 Å². The third kappa shape index (κ3) is 13.8. The van der Waals surface area contributed by atoms with Crippen LogP contribution in [0.5, 0.6) is 0 Å². The Morgan fingerprint density at radius 1 is 1.31 bits per heavy atom. The fourth-order valence-corrected chi connectivity index (χ4v) is 1.72. The number of thioether (sulfide) groups is 1. The second-order valence-electron chi connectivity index (χ2n) is 3.13. The van der Waals surface area contributed by atoms with Crippen molar-refractivity contribution >= 4 is 46.7 Å². The zero-order valence-corrected chi connectivity index (χ0v) is 12.0. The van der Waals surface area contributed by atoms with Crippen LogP contribution in [0, 0.1) is 5.41 Å². The maximum absolute atomic E-state index is 7.02. The van der Waals surface area contributed by atoms with Crippen LogP contribution < -0.4 is 16.4 Å². The van der Waals surface area contributed by atoms with E-state index in [4.69, 9.17) is 23.4 Å². The number of amidine groups is 1. The monoisotopic (exact) mass is 284 g/mol. The highest BCUT2D eigenvalue weighted by Gasteiger charge is 1.94. The maximum atomic E-state index is 7.02. The molecule has 0 fully saturated rings. The Bertz CT molecular complexity index is 202. The number of hydrogen-bond acceptors (Lipinski definition) is 3. The second-order valence-corrected chi connectivity index (χ2v) is 4.68. The number of hydrogen-bond donors (Lipinski definition) is 4. The van der Waals surface area contributed by atoms with E-state index in [2.05, 4.69) is 10.6 Å². The smallest absolute Gasteiger partial charge is 0.166 e. The van der Waals surface area contributed by atoms with Gasteiger partial charge in [0.25, 0.3) is 0 Å². The molecule has 0 bridgehead atoms. The molecule has 0 heterocycles. The standard InChI is InChI=1S/C9H20N4S2.ClH/c1-12-9(14)13-6-4-2-3-5-7-15-8(10)11;/h2-7H2,1H3,(H3,10,11)(H2,12,13,14);1H. The van der Waals surface area contributed by atoms with Crippen molar-refractivity contribution in [2.45, 2.75) is 25.7 Å². The van der Waals surface area contributed by atoms with Crippen molar-refractivity contribution in [1.29, 1.82) is 5.41 Å². The SMILES string of the molecule is CNC(=S)NCCCCCCSC(=N)N.Cl. The summed E-state index contributed by atoms with van der Waals surface area (Å²) in [6.45, 7) is 0.930. The fourth-order valence-electron chi connectivity index (χ4n) is 1.05. The second kappa shape index (κ2) is 12.9. The summed E-state index contributed by atoms with van der Waals surface area (Å²) in [4.78, 5) is 0. The quantitative estimate of drug-likeness (QED) is 0.248. The van der Waals surface area contributed by atoms with Crippen LogP contribution >= 0.6 is 36.4 Å². The summed E-state index contributed by atoms with van der Waals surface area (Å²) in [6, 6.07) is 0. The van der Waals surface area contributed by atoms with E-state index in [0.717, 1.165) is 25.1 Å².